The van der Waals surface area contributed by atoms with E-state index in [0.717, 1.165) is 6.42 Å². The lowest BCUT2D eigenvalue weighted by atomic mass is 10.2. The zero-order chi connectivity index (χ0) is 13.7. The van der Waals surface area contributed by atoms with Crippen molar-refractivity contribution in [3.05, 3.63) is 22.7 Å². The van der Waals surface area contributed by atoms with Crippen molar-refractivity contribution in [3.8, 4) is 0 Å². The Labute approximate surface area is 113 Å². The van der Waals surface area contributed by atoms with Crippen molar-refractivity contribution in [2.24, 2.45) is 5.41 Å². The van der Waals surface area contributed by atoms with Crippen LogP contribution in [0.4, 0.5) is 5.69 Å². The lowest BCUT2D eigenvalue weighted by Gasteiger charge is -2.11. The Balaban J connectivity index is 2.31. The molecule has 0 spiro atoms. The summed E-state index contributed by atoms with van der Waals surface area (Å²) in [5, 5.41) is 0.403. The van der Waals surface area contributed by atoms with Crippen LogP contribution in [0.3, 0.4) is 0 Å². The van der Waals surface area contributed by atoms with Gasteiger partial charge in [-0.3, -0.25) is 0 Å². The standard InChI is InChI=1S/C12H17ClN2O2S/c1-7-4-8(5-9(14)11(7)13)18(16,17)15-10-6-12(10,2)3/h4-5,10,15H,6,14H2,1-3H3. The maximum Gasteiger partial charge on any atom is 0.240 e. The van der Waals surface area contributed by atoms with Crippen LogP contribution < -0.4 is 10.5 Å². The van der Waals surface area contributed by atoms with Crippen molar-refractivity contribution in [1.29, 1.82) is 0 Å². The molecule has 4 nitrogen and oxygen atoms in total. The minimum absolute atomic E-state index is 0.000270. The van der Waals surface area contributed by atoms with Gasteiger partial charge in [-0.1, -0.05) is 25.4 Å². The molecule has 0 aromatic heterocycles. The number of anilines is 1. The molecule has 1 saturated carbocycles. The fraction of sp³-hybridized carbons (Fsp3) is 0.500. The van der Waals surface area contributed by atoms with Gasteiger partial charge in [0.25, 0.3) is 0 Å². The number of rotatable bonds is 3. The molecule has 100 valence electrons. The van der Waals surface area contributed by atoms with Crippen molar-refractivity contribution in [3.63, 3.8) is 0 Å². The Morgan fingerprint density at radius 1 is 1.44 bits per heavy atom. The van der Waals surface area contributed by atoms with Gasteiger partial charge in [-0.15, -0.1) is 0 Å². The Hall–Kier alpha value is -0.780. The summed E-state index contributed by atoms with van der Waals surface area (Å²) in [6.07, 6.45) is 0.855. The summed E-state index contributed by atoms with van der Waals surface area (Å²) in [5.41, 5.74) is 6.68. The molecule has 1 fully saturated rings. The SMILES string of the molecule is Cc1cc(S(=O)(=O)NC2CC2(C)C)cc(N)c1Cl. The number of benzene rings is 1. The summed E-state index contributed by atoms with van der Waals surface area (Å²) in [6, 6.07) is 2.93. The van der Waals surface area contributed by atoms with E-state index in [0.29, 0.717) is 10.6 Å². The largest absolute Gasteiger partial charge is 0.397 e. The second kappa shape index (κ2) is 4.11. The van der Waals surface area contributed by atoms with E-state index in [9.17, 15) is 8.42 Å². The van der Waals surface area contributed by atoms with E-state index in [-0.39, 0.29) is 22.0 Å². The van der Waals surface area contributed by atoms with E-state index in [1.54, 1.807) is 6.92 Å². The van der Waals surface area contributed by atoms with Gasteiger partial charge in [-0.2, -0.15) is 0 Å². The van der Waals surface area contributed by atoms with E-state index in [4.69, 9.17) is 17.3 Å². The van der Waals surface area contributed by atoms with E-state index < -0.39 is 10.0 Å². The summed E-state index contributed by atoms with van der Waals surface area (Å²) < 4.78 is 27.0. The van der Waals surface area contributed by atoms with Crippen LogP contribution >= 0.6 is 11.6 Å². The number of nitrogen functional groups attached to an aromatic ring is 1. The Kier molecular flexibility index (Phi) is 3.12. The van der Waals surface area contributed by atoms with Crippen LogP contribution in [0.2, 0.25) is 5.02 Å². The van der Waals surface area contributed by atoms with Gasteiger partial charge in [0, 0.05) is 6.04 Å². The summed E-state index contributed by atoms with van der Waals surface area (Å²) in [4.78, 5) is 0.171. The highest BCUT2D eigenvalue weighted by molar-refractivity contribution is 7.89. The van der Waals surface area contributed by atoms with Gasteiger partial charge >= 0.3 is 0 Å². The van der Waals surface area contributed by atoms with Gasteiger partial charge in [0.15, 0.2) is 0 Å². The second-order valence-electron chi connectivity index (χ2n) is 5.51. The number of halogens is 1. The minimum Gasteiger partial charge on any atom is -0.397 e. The van der Waals surface area contributed by atoms with Crippen molar-refractivity contribution < 1.29 is 8.42 Å². The summed E-state index contributed by atoms with van der Waals surface area (Å²) in [6.45, 7) is 5.79. The third-order valence-corrected chi connectivity index (χ3v) is 5.34. The molecule has 0 heterocycles. The van der Waals surface area contributed by atoms with E-state index in [1.165, 1.54) is 12.1 Å². The van der Waals surface area contributed by atoms with Crippen LogP contribution in [0.25, 0.3) is 0 Å². The van der Waals surface area contributed by atoms with Gasteiger partial charge in [0.1, 0.15) is 0 Å². The van der Waals surface area contributed by atoms with Crippen molar-refractivity contribution >= 4 is 27.3 Å². The van der Waals surface area contributed by atoms with E-state index >= 15 is 0 Å². The first-order chi connectivity index (χ1) is 8.13. The lowest BCUT2D eigenvalue weighted by molar-refractivity contribution is 0.555. The number of nitrogens with two attached hydrogens (primary N) is 1. The maximum atomic E-state index is 12.2. The smallest absolute Gasteiger partial charge is 0.240 e. The number of hydrogen-bond acceptors (Lipinski definition) is 3. The second-order valence-corrected chi connectivity index (χ2v) is 7.60. The highest BCUT2D eigenvalue weighted by atomic mass is 35.5. The molecular weight excluding hydrogens is 272 g/mol. The fourth-order valence-corrected chi connectivity index (χ4v) is 3.48. The summed E-state index contributed by atoms with van der Waals surface area (Å²) in [7, 11) is -3.52. The normalized spacial score (nSPS) is 21.9. The first-order valence-electron chi connectivity index (χ1n) is 5.71. The minimum atomic E-state index is -3.52. The van der Waals surface area contributed by atoms with Crippen LogP contribution in [0.1, 0.15) is 25.8 Å². The van der Waals surface area contributed by atoms with Crippen molar-refractivity contribution in [2.75, 3.05) is 5.73 Å². The molecule has 0 saturated heterocycles. The molecule has 1 atom stereocenters. The number of sulfonamides is 1. The highest BCUT2D eigenvalue weighted by Crippen LogP contribution is 2.45. The first-order valence-corrected chi connectivity index (χ1v) is 7.57. The maximum absolute atomic E-state index is 12.2. The molecule has 1 aliphatic rings. The molecule has 1 unspecified atom stereocenters. The number of hydrogen-bond donors (Lipinski definition) is 2. The Morgan fingerprint density at radius 3 is 2.44 bits per heavy atom. The molecule has 1 aromatic rings. The highest BCUT2D eigenvalue weighted by Gasteiger charge is 2.47. The molecule has 2 rings (SSSR count). The van der Waals surface area contributed by atoms with Crippen LogP contribution in [0.15, 0.2) is 17.0 Å². The van der Waals surface area contributed by atoms with Crippen LogP contribution in [0, 0.1) is 12.3 Å². The molecule has 18 heavy (non-hydrogen) atoms. The Bertz CT molecular complexity index is 573. The average Bonchev–Trinajstić information content (AvgIpc) is 2.80. The first kappa shape index (κ1) is 13.6. The van der Waals surface area contributed by atoms with Gasteiger partial charge in [-0.05, 0) is 36.5 Å². The average molecular weight is 289 g/mol. The van der Waals surface area contributed by atoms with Crippen LogP contribution in [-0.2, 0) is 10.0 Å². The number of aryl methyl sites for hydroxylation is 1. The molecule has 1 aliphatic carbocycles. The third kappa shape index (κ3) is 2.48. The van der Waals surface area contributed by atoms with Gasteiger partial charge in [0.05, 0.1) is 15.6 Å². The van der Waals surface area contributed by atoms with Gasteiger partial charge in [-0.25, -0.2) is 13.1 Å². The molecule has 0 radical (unpaired) electrons. The van der Waals surface area contributed by atoms with Crippen molar-refractivity contribution in [1.82, 2.24) is 4.72 Å². The van der Waals surface area contributed by atoms with E-state index in [1.807, 2.05) is 13.8 Å². The topological polar surface area (TPSA) is 72.2 Å². The van der Waals surface area contributed by atoms with Crippen LogP contribution in [0.5, 0.6) is 0 Å². The molecule has 0 aliphatic heterocycles. The summed E-state index contributed by atoms with van der Waals surface area (Å²) in [5.74, 6) is 0. The molecule has 6 heteroatoms. The molecule has 3 N–H and O–H groups in total. The van der Waals surface area contributed by atoms with Crippen LogP contribution in [-0.4, -0.2) is 14.5 Å². The zero-order valence-electron chi connectivity index (χ0n) is 10.6. The van der Waals surface area contributed by atoms with Crippen molar-refractivity contribution in [2.45, 2.75) is 38.1 Å². The van der Waals surface area contributed by atoms with E-state index in [2.05, 4.69) is 4.72 Å². The predicted molar refractivity (Wildman–Crippen MR) is 73.1 cm³/mol. The molecule has 0 bridgehead atoms. The Morgan fingerprint density at radius 2 is 2.00 bits per heavy atom. The molecule has 0 amide bonds. The quantitative estimate of drug-likeness (QED) is 0.838. The molecular formula is C12H17ClN2O2S. The van der Waals surface area contributed by atoms with Gasteiger partial charge < -0.3 is 5.73 Å². The third-order valence-electron chi connectivity index (χ3n) is 3.38. The predicted octanol–water partition coefficient (Wildman–Crippen LogP) is 2.31. The number of nitrogens with one attached hydrogen (secondary N) is 1. The monoisotopic (exact) mass is 288 g/mol. The fourth-order valence-electron chi connectivity index (χ4n) is 1.84. The zero-order valence-corrected chi connectivity index (χ0v) is 12.2. The molecule has 1 aromatic carbocycles. The lowest BCUT2D eigenvalue weighted by Crippen LogP contribution is -2.28. The summed E-state index contributed by atoms with van der Waals surface area (Å²) >= 11 is 5.92. The van der Waals surface area contributed by atoms with Gasteiger partial charge in [0.2, 0.25) is 10.0 Å².